The zero-order valence-corrected chi connectivity index (χ0v) is 15.7. The van der Waals surface area contributed by atoms with Gasteiger partial charge in [0.25, 0.3) is 5.91 Å². The molecule has 7 nitrogen and oxygen atoms in total. The number of hydrogen-bond donors (Lipinski definition) is 3. The zero-order valence-electron chi connectivity index (χ0n) is 14.2. The second-order valence-corrected chi connectivity index (χ2v) is 6.86. The van der Waals surface area contributed by atoms with E-state index >= 15 is 0 Å². The minimum absolute atomic E-state index is 0. The first-order chi connectivity index (χ1) is 12.1. The lowest BCUT2D eigenvalue weighted by molar-refractivity contribution is -0.137. The van der Waals surface area contributed by atoms with Crippen LogP contribution >= 0.6 is 24.0 Å². The monoisotopic (exact) mass is 400 g/mol. The molecule has 26 heavy (non-hydrogen) atoms. The molecule has 0 bridgehead atoms. The van der Waals surface area contributed by atoms with Gasteiger partial charge in [0.1, 0.15) is 5.82 Å². The number of rotatable bonds is 5. The predicted molar refractivity (Wildman–Crippen MR) is 101 cm³/mol. The number of pyridine rings is 1. The summed E-state index contributed by atoms with van der Waals surface area (Å²) in [4.78, 5) is 29.5. The van der Waals surface area contributed by atoms with E-state index in [4.69, 9.17) is 16.8 Å². The number of carbonyl (C=O) groups is 2. The van der Waals surface area contributed by atoms with Gasteiger partial charge in [0.05, 0.1) is 5.02 Å². The van der Waals surface area contributed by atoms with Crippen LogP contribution in [0.5, 0.6) is 0 Å². The van der Waals surface area contributed by atoms with Crippen molar-refractivity contribution in [2.75, 3.05) is 18.4 Å². The average molecular weight is 401 g/mol. The third-order valence-corrected chi connectivity index (χ3v) is 4.98. The van der Waals surface area contributed by atoms with Crippen molar-refractivity contribution < 1.29 is 14.8 Å². The van der Waals surface area contributed by atoms with Gasteiger partial charge in [-0.15, -0.1) is 12.4 Å². The van der Waals surface area contributed by atoms with Gasteiger partial charge >= 0.3 is 0 Å². The average Bonchev–Trinajstić information content (AvgIpc) is 3.02. The summed E-state index contributed by atoms with van der Waals surface area (Å²) in [5.41, 5.74) is 2.16. The van der Waals surface area contributed by atoms with Crippen molar-refractivity contribution in [1.82, 2.24) is 15.4 Å². The van der Waals surface area contributed by atoms with E-state index < -0.39 is 5.91 Å². The first kappa shape index (κ1) is 20.5. The summed E-state index contributed by atoms with van der Waals surface area (Å²) >= 11 is 6.25. The van der Waals surface area contributed by atoms with Crippen LogP contribution in [0, 0.1) is 5.92 Å². The van der Waals surface area contributed by atoms with Crippen LogP contribution < -0.4 is 10.8 Å². The van der Waals surface area contributed by atoms with E-state index in [-0.39, 0.29) is 30.3 Å². The van der Waals surface area contributed by atoms with E-state index in [1.54, 1.807) is 12.3 Å². The molecule has 0 unspecified atom stereocenters. The van der Waals surface area contributed by atoms with Crippen LogP contribution in [0.4, 0.5) is 5.82 Å². The molecule has 1 aromatic rings. The van der Waals surface area contributed by atoms with E-state index in [1.807, 2.05) is 4.90 Å². The summed E-state index contributed by atoms with van der Waals surface area (Å²) in [7, 11) is 0. The second-order valence-electron chi connectivity index (χ2n) is 6.45. The quantitative estimate of drug-likeness (QED) is 0.400. The number of likely N-dealkylation sites (tertiary alicyclic amines) is 1. The number of aromatic nitrogens is 1. The summed E-state index contributed by atoms with van der Waals surface area (Å²) in [5, 5.41) is 12.2. The van der Waals surface area contributed by atoms with Crippen molar-refractivity contribution in [2.45, 2.75) is 31.7 Å². The Morgan fingerprint density at radius 3 is 2.73 bits per heavy atom. The van der Waals surface area contributed by atoms with Gasteiger partial charge in [-0.2, -0.15) is 0 Å². The van der Waals surface area contributed by atoms with Gasteiger partial charge in [-0.3, -0.25) is 14.8 Å². The highest BCUT2D eigenvalue weighted by Gasteiger charge is 2.33. The Morgan fingerprint density at radius 2 is 2.12 bits per heavy atom. The molecule has 0 aromatic carbocycles. The lowest BCUT2D eigenvalue weighted by Gasteiger charge is -2.29. The number of halogens is 2. The number of amides is 2. The van der Waals surface area contributed by atoms with Crippen LogP contribution in [0.15, 0.2) is 18.3 Å². The molecule has 9 heteroatoms. The third kappa shape index (κ3) is 4.87. The molecule has 1 aromatic heterocycles. The summed E-state index contributed by atoms with van der Waals surface area (Å²) in [6.45, 7) is 1.44. The van der Waals surface area contributed by atoms with E-state index in [2.05, 4.69) is 10.3 Å². The minimum Gasteiger partial charge on any atom is -0.364 e. The number of anilines is 1. The first-order valence-electron chi connectivity index (χ1n) is 8.40. The highest BCUT2D eigenvalue weighted by atomic mass is 35.5. The summed E-state index contributed by atoms with van der Waals surface area (Å²) in [6, 6.07) is 1.82. The molecule has 3 rings (SSSR count). The fourth-order valence-corrected chi connectivity index (χ4v) is 3.27. The van der Waals surface area contributed by atoms with E-state index in [9.17, 15) is 9.59 Å². The number of carbonyl (C=O) groups excluding carboxylic acids is 2. The van der Waals surface area contributed by atoms with Gasteiger partial charge < -0.3 is 10.2 Å². The summed E-state index contributed by atoms with van der Waals surface area (Å²) in [5.74, 6) is 0.439. The third-order valence-electron chi connectivity index (χ3n) is 4.69. The Morgan fingerprint density at radius 1 is 1.35 bits per heavy atom. The van der Waals surface area contributed by atoms with E-state index in [0.717, 1.165) is 32.2 Å². The van der Waals surface area contributed by atoms with E-state index in [1.165, 1.54) is 17.6 Å². The smallest absolute Gasteiger partial charge is 0.267 e. The van der Waals surface area contributed by atoms with Crippen LogP contribution in [0.25, 0.3) is 6.08 Å². The number of nitrogens with zero attached hydrogens (tertiary/aromatic N) is 2. The highest BCUT2D eigenvalue weighted by Crippen LogP contribution is 2.30. The molecular formula is C17H22Cl2N4O3. The van der Waals surface area contributed by atoms with Gasteiger partial charge in [0.15, 0.2) is 0 Å². The van der Waals surface area contributed by atoms with Crippen LogP contribution in [0.3, 0.4) is 0 Å². The molecule has 2 heterocycles. The summed E-state index contributed by atoms with van der Waals surface area (Å²) < 4.78 is 0. The van der Waals surface area contributed by atoms with Crippen molar-refractivity contribution in [3.05, 3.63) is 28.9 Å². The molecule has 2 amide bonds. The molecule has 1 aliphatic carbocycles. The standard InChI is InChI=1S/C17H21ClN4O3.ClH/c18-14-8-11(4-5-15(23)21-25)9-19-16(14)20-13-6-7-22(10-13)17(24)12-2-1-3-12;/h4-5,8-9,12-13,25H,1-3,6-7,10H2,(H,19,20)(H,21,23);1H/t13-;/m1./s1. The van der Waals surface area contributed by atoms with Gasteiger partial charge in [-0.05, 0) is 37.0 Å². The van der Waals surface area contributed by atoms with Crippen LogP contribution in [0.2, 0.25) is 5.02 Å². The molecule has 0 spiro atoms. The Balaban J connectivity index is 0.00000243. The number of hydroxylamine groups is 1. The molecule has 142 valence electrons. The molecule has 3 N–H and O–H groups in total. The SMILES string of the molecule is Cl.O=C(C=Cc1cnc(N[C@@H]2CCN(C(=O)C3CCC3)C2)c(Cl)c1)NO. The molecule has 2 aliphatic rings. The van der Waals surface area contributed by atoms with Crippen LogP contribution in [-0.2, 0) is 9.59 Å². The number of nitrogens with one attached hydrogen (secondary N) is 2. The maximum atomic E-state index is 12.3. The molecule has 1 aliphatic heterocycles. The maximum absolute atomic E-state index is 12.3. The Bertz CT molecular complexity index is 695. The Hall–Kier alpha value is -1.83. The fourth-order valence-electron chi connectivity index (χ4n) is 3.04. The van der Waals surface area contributed by atoms with Gasteiger partial charge in [0.2, 0.25) is 5.91 Å². The molecule has 2 fully saturated rings. The molecule has 1 saturated heterocycles. The van der Waals surface area contributed by atoms with Crippen molar-refractivity contribution in [2.24, 2.45) is 5.92 Å². The van der Waals surface area contributed by atoms with Gasteiger partial charge in [-0.25, -0.2) is 10.5 Å². The molecule has 1 saturated carbocycles. The zero-order chi connectivity index (χ0) is 17.8. The largest absolute Gasteiger partial charge is 0.364 e. The topological polar surface area (TPSA) is 94.6 Å². The van der Waals surface area contributed by atoms with Gasteiger partial charge in [0, 0.05) is 37.3 Å². The van der Waals surface area contributed by atoms with Crippen LogP contribution in [0.1, 0.15) is 31.2 Å². The van der Waals surface area contributed by atoms with Crippen molar-refractivity contribution >= 4 is 47.7 Å². The molecular weight excluding hydrogens is 379 g/mol. The Labute approximate surface area is 163 Å². The van der Waals surface area contributed by atoms with Crippen molar-refractivity contribution in [1.29, 1.82) is 0 Å². The minimum atomic E-state index is -0.625. The second kappa shape index (κ2) is 9.21. The first-order valence-corrected chi connectivity index (χ1v) is 8.77. The maximum Gasteiger partial charge on any atom is 0.267 e. The lowest BCUT2D eigenvalue weighted by atomic mass is 9.84. The number of hydrogen-bond acceptors (Lipinski definition) is 5. The van der Waals surface area contributed by atoms with Crippen molar-refractivity contribution in [3.8, 4) is 0 Å². The predicted octanol–water partition coefficient (Wildman–Crippen LogP) is 2.49. The summed E-state index contributed by atoms with van der Waals surface area (Å²) in [6.07, 6.45) is 8.33. The van der Waals surface area contributed by atoms with Gasteiger partial charge in [-0.1, -0.05) is 18.0 Å². The fraction of sp³-hybridized carbons (Fsp3) is 0.471. The van der Waals surface area contributed by atoms with Crippen molar-refractivity contribution in [3.63, 3.8) is 0 Å². The molecule has 1 atom stereocenters. The lowest BCUT2D eigenvalue weighted by Crippen LogP contribution is -2.38. The molecule has 0 radical (unpaired) electrons. The van der Waals surface area contributed by atoms with Crippen LogP contribution in [-0.4, -0.2) is 46.0 Å². The highest BCUT2D eigenvalue weighted by molar-refractivity contribution is 6.33. The Kier molecular flexibility index (Phi) is 7.25. The normalized spacial score (nSPS) is 19.8. The van der Waals surface area contributed by atoms with E-state index in [0.29, 0.717) is 22.9 Å².